The molecule has 0 spiro atoms. The Labute approximate surface area is 100 Å². The molecule has 2 heterocycles. The molecule has 2 unspecified atom stereocenters. The summed E-state index contributed by atoms with van der Waals surface area (Å²) in [5, 5.41) is 3.23. The Morgan fingerprint density at radius 2 is 2.62 bits per heavy atom. The van der Waals surface area contributed by atoms with E-state index in [2.05, 4.69) is 15.8 Å². The van der Waals surface area contributed by atoms with Gasteiger partial charge in [-0.1, -0.05) is 0 Å². The maximum Gasteiger partial charge on any atom is 0.0897 e. The molecule has 1 aliphatic heterocycles. The molecule has 2 rings (SSSR count). The maximum absolute atomic E-state index is 5.63. The average molecular weight is 241 g/mol. The second-order valence-corrected chi connectivity index (χ2v) is 5.37. The summed E-state index contributed by atoms with van der Waals surface area (Å²) in [6.45, 7) is 3.74. The van der Waals surface area contributed by atoms with Crippen molar-refractivity contribution in [2.45, 2.75) is 32.2 Å². The third kappa shape index (κ3) is 3.01. The van der Waals surface area contributed by atoms with Crippen LogP contribution in [-0.2, 0) is 11.2 Å². The van der Waals surface area contributed by atoms with Gasteiger partial charge in [-0.25, -0.2) is 4.98 Å². The van der Waals surface area contributed by atoms with Crippen molar-refractivity contribution in [3.05, 3.63) is 16.1 Å². The molecule has 0 aromatic carbocycles. The van der Waals surface area contributed by atoms with Crippen LogP contribution in [0.1, 0.15) is 23.5 Å². The van der Waals surface area contributed by atoms with Gasteiger partial charge in [0.1, 0.15) is 0 Å². The SMILES string of the molecule is Cc1nc(CC(NN)C2CCCOC2)cs1. The Bertz CT molecular complexity index is 323. The van der Waals surface area contributed by atoms with E-state index in [0.29, 0.717) is 5.92 Å². The van der Waals surface area contributed by atoms with Crippen LogP contribution in [0.3, 0.4) is 0 Å². The van der Waals surface area contributed by atoms with E-state index in [4.69, 9.17) is 10.6 Å². The fourth-order valence-electron chi connectivity index (χ4n) is 2.17. The molecule has 2 atom stereocenters. The number of nitrogens with two attached hydrogens (primary N) is 1. The largest absolute Gasteiger partial charge is 0.381 e. The van der Waals surface area contributed by atoms with Gasteiger partial charge in [0.2, 0.25) is 0 Å². The lowest BCUT2D eigenvalue weighted by Gasteiger charge is -2.29. The number of nitrogens with one attached hydrogen (secondary N) is 1. The van der Waals surface area contributed by atoms with Crippen molar-refractivity contribution in [1.82, 2.24) is 10.4 Å². The van der Waals surface area contributed by atoms with Crippen LogP contribution in [0.15, 0.2) is 5.38 Å². The zero-order valence-corrected chi connectivity index (χ0v) is 10.4. The van der Waals surface area contributed by atoms with Crippen molar-refractivity contribution in [2.75, 3.05) is 13.2 Å². The molecule has 1 aliphatic rings. The third-order valence-electron chi connectivity index (χ3n) is 3.07. The fraction of sp³-hybridized carbons (Fsp3) is 0.727. The standard InChI is InChI=1S/C11H19N3OS/c1-8-13-10(7-16-8)5-11(14-12)9-3-2-4-15-6-9/h7,9,11,14H,2-6,12H2,1H3. The number of hydrogen-bond donors (Lipinski definition) is 2. The quantitative estimate of drug-likeness (QED) is 0.615. The summed E-state index contributed by atoms with van der Waals surface area (Å²) in [4.78, 5) is 4.48. The summed E-state index contributed by atoms with van der Waals surface area (Å²) in [5.41, 5.74) is 4.05. The molecular formula is C11H19N3OS. The monoisotopic (exact) mass is 241 g/mol. The molecule has 0 saturated carbocycles. The van der Waals surface area contributed by atoms with Crippen molar-refractivity contribution in [3.8, 4) is 0 Å². The molecule has 3 N–H and O–H groups in total. The zero-order chi connectivity index (χ0) is 11.4. The number of hydrazine groups is 1. The Morgan fingerprint density at radius 1 is 1.75 bits per heavy atom. The summed E-state index contributed by atoms with van der Waals surface area (Å²) >= 11 is 1.69. The van der Waals surface area contributed by atoms with E-state index in [0.717, 1.165) is 36.8 Å². The van der Waals surface area contributed by atoms with Crippen molar-refractivity contribution < 1.29 is 4.74 Å². The van der Waals surface area contributed by atoms with E-state index >= 15 is 0 Å². The summed E-state index contributed by atoms with van der Waals surface area (Å²) in [6.07, 6.45) is 3.23. The molecule has 1 aromatic heterocycles. The first-order valence-electron chi connectivity index (χ1n) is 5.74. The Balaban J connectivity index is 1.94. The molecular weight excluding hydrogens is 222 g/mol. The number of aromatic nitrogens is 1. The first-order chi connectivity index (χ1) is 7.79. The lowest BCUT2D eigenvalue weighted by molar-refractivity contribution is 0.0392. The van der Waals surface area contributed by atoms with Crippen LogP contribution in [0.5, 0.6) is 0 Å². The number of rotatable bonds is 4. The number of aryl methyl sites for hydroxylation is 1. The zero-order valence-electron chi connectivity index (χ0n) is 9.61. The van der Waals surface area contributed by atoms with Crippen LogP contribution in [0.25, 0.3) is 0 Å². The van der Waals surface area contributed by atoms with Crippen LogP contribution in [0.4, 0.5) is 0 Å². The van der Waals surface area contributed by atoms with Gasteiger partial charge in [-0.15, -0.1) is 11.3 Å². The summed E-state index contributed by atoms with van der Waals surface area (Å²) < 4.78 is 5.49. The summed E-state index contributed by atoms with van der Waals surface area (Å²) in [6, 6.07) is 0.279. The number of ether oxygens (including phenoxy) is 1. The van der Waals surface area contributed by atoms with Crippen LogP contribution < -0.4 is 11.3 Å². The second kappa shape index (κ2) is 5.72. The fourth-order valence-corrected chi connectivity index (χ4v) is 2.80. The van der Waals surface area contributed by atoms with Gasteiger partial charge in [0.15, 0.2) is 0 Å². The molecule has 90 valence electrons. The topological polar surface area (TPSA) is 60.2 Å². The van der Waals surface area contributed by atoms with Gasteiger partial charge in [0.25, 0.3) is 0 Å². The predicted molar refractivity (Wildman–Crippen MR) is 65.2 cm³/mol. The lowest BCUT2D eigenvalue weighted by atomic mass is 9.91. The van der Waals surface area contributed by atoms with Crippen LogP contribution in [-0.4, -0.2) is 24.2 Å². The Morgan fingerprint density at radius 3 is 3.19 bits per heavy atom. The van der Waals surface area contributed by atoms with E-state index in [9.17, 15) is 0 Å². The van der Waals surface area contributed by atoms with Crippen LogP contribution in [0, 0.1) is 12.8 Å². The van der Waals surface area contributed by atoms with Gasteiger partial charge in [0.05, 0.1) is 17.3 Å². The minimum Gasteiger partial charge on any atom is -0.381 e. The number of nitrogens with zero attached hydrogens (tertiary/aromatic N) is 1. The molecule has 1 aromatic rings. The van der Waals surface area contributed by atoms with Crippen molar-refractivity contribution in [1.29, 1.82) is 0 Å². The highest BCUT2D eigenvalue weighted by atomic mass is 32.1. The van der Waals surface area contributed by atoms with Gasteiger partial charge in [0, 0.05) is 24.4 Å². The van der Waals surface area contributed by atoms with Crippen molar-refractivity contribution in [3.63, 3.8) is 0 Å². The van der Waals surface area contributed by atoms with Gasteiger partial charge >= 0.3 is 0 Å². The van der Waals surface area contributed by atoms with E-state index in [-0.39, 0.29) is 6.04 Å². The highest BCUT2D eigenvalue weighted by Gasteiger charge is 2.24. The third-order valence-corrected chi connectivity index (χ3v) is 3.90. The van der Waals surface area contributed by atoms with Crippen molar-refractivity contribution >= 4 is 11.3 Å². The van der Waals surface area contributed by atoms with Crippen LogP contribution >= 0.6 is 11.3 Å². The van der Waals surface area contributed by atoms with Gasteiger partial charge in [-0.3, -0.25) is 11.3 Å². The predicted octanol–water partition coefficient (Wildman–Crippen LogP) is 1.25. The van der Waals surface area contributed by atoms with E-state index < -0.39 is 0 Å². The minimum absolute atomic E-state index is 0.279. The van der Waals surface area contributed by atoms with Crippen LogP contribution in [0.2, 0.25) is 0 Å². The lowest BCUT2D eigenvalue weighted by Crippen LogP contribution is -2.45. The molecule has 1 fully saturated rings. The molecule has 5 heteroatoms. The van der Waals surface area contributed by atoms with Gasteiger partial charge < -0.3 is 4.74 Å². The van der Waals surface area contributed by atoms with E-state index in [1.165, 1.54) is 6.42 Å². The molecule has 0 amide bonds. The van der Waals surface area contributed by atoms with Crippen molar-refractivity contribution in [2.24, 2.45) is 11.8 Å². The molecule has 16 heavy (non-hydrogen) atoms. The number of thiazole rings is 1. The minimum atomic E-state index is 0.279. The van der Waals surface area contributed by atoms with E-state index in [1.54, 1.807) is 11.3 Å². The molecule has 0 radical (unpaired) electrons. The highest BCUT2D eigenvalue weighted by Crippen LogP contribution is 2.20. The molecule has 1 saturated heterocycles. The first-order valence-corrected chi connectivity index (χ1v) is 6.62. The van der Waals surface area contributed by atoms with Gasteiger partial charge in [-0.2, -0.15) is 0 Å². The Kier molecular flexibility index (Phi) is 4.29. The van der Waals surface area contributed by atoms with E-state index in [1.807, 2.05) is 6.92 Å². The first kappa shape index (κ1) is 12.0. The summed E-state index contributed by atoms with van der Waals surface area (Å²) in [7, 11) is 0. The molecule has 0 bridgehead atoms. The average Bonchev–Trinajstić information content (AvgIpc) is 2.73. The highest BCUT2D eigenvalue weighted by molar-refractivity contribution is 7.09. The molecule has 0 aliphatic carbocycles. The smallest absolute Gasteiger partial charge is 0.0897 e. The number of hydrogen-bond acceptors (Lipinski definition) is 5. The van der Waals surface area contributed by atoms with Gasteiger partial charge in [-0.05, 0) is 25.7 Å². The molecule has 4 nitrogen and oxygen atoms in total. The maximum atomic E-state index is 5.63. The Hall–Kier alpha value is -0.490. The summed E-state index contributed by atoms with van der Waals surface area (Å²) in [5.74, 6) is 6.14. The second-order valence-electron chi connectivity index (χ2n) is 4.31. The normalized spacial score (nSPS) is 23.2.